The molecule has 4 nitrogen and oxygen atoms in total. The highest BCUT2D eigenvalue weighted by molar-refractivity contribution is 5.50. The summed E-state index contributed by atoms with van der Waals surface area (Å²) in [4.78, 5) is 2.44. The molecule has 1 aliphatic carbocycles. The second-order valence-electron chi connectivity index (χ2n) is 5.05. The van der Waals surface area contributed by atoms with E-state index in [1.807, 2.05) is 18.7 Å². The lowest BCUT2D eigenvalue weighted by Gasteiger charge is -2.33. The maximum absolute atomic E-state index is 5.85. The molecular formula is C13H24N4. The van der Waals surface area contributed by atoms with Gasteiger partial charge in [-0.15, -0.1) is 0 Å². The van der Waals surface area contributed by atoms with Gasteiger partial charge < -0.3 is 10.6 Å². The molecule has 0 aliphatic heterocycles. The van der Waals surface area contributed by atoms with Crippen LogP contribution in [0.15, 0.2) is 0 Å². The highest BCUT2D eigenvalue weighted by Gasteiger charge is 2.23. The third kappa shape index (κ3) is 2.32. The summed E-state index contributed by atoms with van der Waals surface area (Å²) in [5.74, 6) is 2.09. The maximum Gasteiger partial charge on any atom is 0.131 e. The average molecular weight is 236 g/mol. The second kappa shape index (κ2) is 5.08. The molecule has 17 heavy (non-hydrogen) atoms. The fraction of sp³-hybridized carbons (Fsp3) is 0.769. The Labute approximate surface area is 104 Å². The molecule has 4 heteroatoms. The topological polar surface area (TPSA) is 47.1 Å². The summed E-state index contributed by atoms with van der Waals surface area (Å²) < 4.78 is 1.99. The van der Waals surface area contributed by atoms with E-state index >= 15 is 0 Å². The van der Waals surface area contributed by atoms with Gasteiger partial charge in [0.25, 0.3) is 0 Å². The molecule has 1 saturated carbocycles. The molecule has 0 amide bonds. The predicted molar refractivity (Wildman–Crippen MR) is 71.1 cm³/mol. The molecule has 0 bridgehead atoms. The van der Waals surface area contributed by atoms with Crippen molar-refractivity contribution in [3.8, 4) is 0 Å². The molecule has 0 spiro atoms. The molecule has 2 rings (SSSR count). The van der Waals surface area contributed by atoms with Crippen LogP contribution < -0.4 is 10.6 Å². The van der Waals surface area contributed by atoms with E-state index < -0.39 is 0 Å². The summed E-state index contributed by atoms with van der Waals surface area (Å²) in [7, 11) is 2.02. The number of hydrogen-bond acceptors (Lipinski definition) is 3. The molecule has 1 aromatic heterocycles. The summed E-state index contributed by atoms with van der Waals surface area (Å²) in [6.07, 6.45) is 4.16. The van der Waals surface area contributed by atoms with Crippen LogP contribution in [0.5, 0.6) is 0 Å². The van der Waals surface area contributed by atoms with Crippen molar-refractivity contribution in [2.45, 2.75) is 39.7 Å². The fourth-order valence-electron chi connectivity index (χ4n) is 2.68. The van der Waals surface area contributed by atoms with Crippen molar-refractivity contribution in [2.24, 2.45) is 18.7 Å². The number of hydrogen-bond donors (Lipinski definition) is 1. The van der Waals surface area contributed by atoms with Crippen molar-refractivity contribution in [1.29, 1.82) is 0 Å². The van der Waals surface area contributed by atoms with Crippen LogP contribution in [0.4, 0.5) is 5.82 Å². The van der Waals surface area contributed by atoms with Gasteiger partial charge >= 0.3 is 0 Å². The Morgan fingerprint density at radius 3 is 2.65 bits per heavy atom. The lowest BCUT2D eigenvalue weighted by molar-refractivity contribution is 0.317. The van der Waals surface area contributed by atoms with Crippen LogP contribution in [0.1, 0.15) is 37.4 Å². The first-order valence-corrected chi connectivity index (χ1v) is 6.64. The number of aryl methyl sites for hydroxylation is 2. The van der Waals surface area contributed by atoms with Gasteiger partial charge in [-0.3, -0.25) is 4.68 Å². The van der Waals surface area contributed by atoms with Crippen LogP contribution in [0.3, 0.4) is 0 Å². The molecule has 0 atom stereocenters. The Balaban J connectivity index is 2.22. The van der Waals surface area contributed by atoms with Gasteiger partial charge in [0, 0.05) is 32.2 Å². The molecule has 1 heterocycles. The number of anilines is 1. The van der Waals surface area contributed by atoms with Crippen LogP contribution in [0.25, 0.3) is 0 Å². The van der Waals surface area contributed by atoms with Crippen LogP contribution in [-0.4, -0.2) is 22.9 Å². The Morgan fingerprint density at radius 1 is 1.47 bits per heavy atom. The van der Waals surface area contributed by atoms with E-state index in [9.17, 15) is 0 Å². The van der Waals surface area contributed by atoms with Crippen molar-refractivity contribution in [3.05, 3.63) is 11.3 Å². The SMILES string of the molecule is CCN(CC1CCC1)c1c(CN)c(C)nn1C. The average Bonchev–Trinajstić information content (AvgIpc) is 2.52. The molecule has 0 radical (unpaired) electrons. The summed E-state index contributed by atoms with van der Waals surface area (Å²) in [5.41, 5.74) is 8.12. The summed E-state index contributed by atoms with van der Waals surface area (Å²) in [5, 5.41) is 4.50. The quantitative estimate of drug-likeness (QED) is 0.848. The summed E-state index contributed by atoms with van der Waals surface area (Å²) in [6, 6.07) is 0. The van der Waals surface area contributed by atoms with Crippen LogP contribution in [-0.2, 0) is 13.6 Å². The van der Waals surface area contributed by atoms with Crippen molar-refractivity contribution in [1.82, 2.24) is 9.78 Å². The van der Waals surface area contributed by atoms with Gasteiger partial charge in [0.2, 0.25) is 0 Å². The first kappa shape index (κ1) is 12.4. The number of aromatic nitrogens is 2. The van der Waals surface area contributed by atoms with Crippen molar-refractivity contribution >= 4 is 5.82 Å². The largest absolute Gasteiger partial charge is 0.357 e. The van der Waals surface area contributed by atoms with Gasteiger partial charge in [0.15, 0.2) is 0 Å². The monoisotopic (exact) mass is 236 g/mol. The van der Waals surface area contributed by atoms with Crippen LogP contribution >= 0.6 is 0 Å². The third-order valence-corrected chi connectivity index (χ3v) is 3.90. The van der Waals surface area contributed by atoms with Gasteiger partial charge in [0.05, 0.1) is 5.69 Å². The van der Waals surface area contributed by atoms with E-state index in [0.717, 1.165) is 24.7 Å². The van der Waals surface area contributed by atoms with Gasteiger partial charge in [-0.05, 0) is 32.6 Å². The lowest BCUT2D eigenvalue weighted by Crippen LogP contribution is -2.34. The van der Waals surface area contributed by atoms with Gasteiger partial charge in [-0.1, -0.05) is 6.42 Å². The molecule has 1 aromatic rings. The summed E-state index contributed by atoms with van der Waals surface area (Å²) in [6.45, 7) is 7.02. The van der Waals surface area contributed by atoms with Crippen LogP contribution in [0.2, 0.25) is 0 Å². The Morgan fingerprint density at radius 2 is 2.18 bits per heavy atom. The zero-order chi connectivity index (χ0) is 12.4. The van der Waals surface area contributed by atoms with Crippen molar-refractivity contribution in [2.75, 3.05) is 18.0 Å². The Bertz CT molecular complexity index is 379. The second-order valence-corrected chi connectivity index (χ2v) is 5.05. The smallest absolute Gasteiger partial charge is 0.131 e. The third-order valence-electron chi connectivity index (χ3n) is 3.90. The molecule has 0 aromatic carbocycles. The van der Waals surface area contributed by atoms with Gasteiger partial charge in [-0.25, -0.2) is 0 Å². The van der Waals surface area contributed by atoms with E-state index in [1.165, 1.54) is 30.6 Å². The molecular weight excluding hydrogens is 212 g/mol. The van der Waals surface area contributed by atoms with Gasteiger partial charge in [-0.2, -0.15) is 5.10 Å². The first-order valence-electron chi connectivity index (χ1n) is 6.64. The minimum Gasteiger partial charge on any atom is -0.357 e. The van der Waals surface area contributed by atoms with E-state index in [-0.39, 0.29) is 0 Å². The first-order chi connectivity index (χ1) is 8.17. The molecule has 0 saturated heterocycles. The number of rotatable bonds is 5. The number of nitrogens with two attached hydrogens (primary N) is 1. The van der Waals surface area contributed by atoms with E-state index in [1.54, 1.807) is 0 Å². The number of nitrogens with zero attached hydrogens (tertiary/aromatic N) is 3. The van der Waals surface area contributed by atoms with Crippen LogP contribution in [0, 0.1) is 12.8 Å². The minimum absolute atomic E-state index is 0.580. The highest BCUT2D eigenvalue weighted by Crippen LogP contribution is 2.30. The minimum atomic E-state index is 0.580. The highest BCUT2D eigenvalue weighted by atomic mass is 15.4. The molecule has 96 valence electrons. The van der Waals surface area contributed by atoms with E-state index in [0.29, 0.717) is 6.54 Å². The van der Waals surface area contributed by atoms with Crippen molar-refractivity contribution < 1.29 is 0 Å². The zero-order valence-corrected chi connectivity index (χ0v) is 11.2. The molecule has 1 aliphatic rings. The van der Waals surface area contributed by atoms with E-state index in [2.05, 4.69) is 16.9 Å². The maximum atomic E-state index is 5.85. The van der Waals surface area contributed by atoms with E-state index in [4.69, 9.17) is 5.73 Å². The molecule has 2 N–H and O–H groups in total. The fourth-order valence-corrected chi connectivity index (χ4v) is 2.68. The normalized spacial score (nSPS) is 16.0. The van der Waals surface area contributed by atoms with Gasteiger partial charge in [0.1, 0.15) is 5.82 Å². The summed E-state index contributed by atoms with van der Waals surface area (Å²) >= 11 is 0. The van der Waals surface area contributed by atoms with Crippen molar-refractivity contribution in [3.63, 3.8) is 0 Å². The molecule has 1 fully saturated rings. The lowest BCUT2D eigenvalue weighted by atomic mass is 9.85. The Kier molecular flexibility index (Phi) is 3.72. The Hall–Kier alpha value is -1.03. The predicted octanol–water partition coefficient (Wildman–Crippen LogP) is 1.81. The molecule has 0 unspecified atom stereocenters. The standard InChI is InChI=1S/C13H24N4/c1-4-17(9-11-6-5-7-11)13-12(8-14)10(2)15-16(13)3/h11H,4-9,14H2,1-3H3. The zero-order valence-electron chi connectivity index (χ0n) is 11.2.